The number of carbonyl (C=O) groups excluding carboxylic acids is 1. The maximum atomic E-state index is 13.2. The van der Waals surface area contributed by atoms with Gasteiger partial charge in [-0.2, -0.15) is 0 Å². The Morgan fingerprint density at radius 1 is 0.852 bits per heavy atom. The van der Waals surface area contributed by atoms with Gasteiger partial charge in [0, 0.05) is 11.0 Å². The molecule has 0 spiro atoms. The lowest BCUT2D eigenvalue weighted by Crippen LogP contribution is -2.61. The molecule has 138 valence electrons. The second-order valence-electron chi connectivity index (χ2n) is 6.11. The number of nitrogens with zero attached hydrogens (tertiary/aromatic N) is 2. The van der Waals surface area contributed by atoms with Crippen LogP contribution in [0.5, 0.6) is 0 Å². The molecule has 0 fully saturated rings. The Labute approximate surface area is 152 Å². The molecule has 0 heterocycles. The maximum Gasteiger partial charge on any atom is 0.340 e. The molecular formula is C18H14N2O7. The molecule has 27 heavy (non-hydrogen) atoms. The monoisotopic (exact) mass is 370 g/mol. The Kier molecular flexibility index (Phi) is 4.34. The highest BCUT2D eigenvalue weighted by molar-refractivity contribution is 6.00. The second-order valence-corrected chi connectivity index (χ2v) is 6.11. The van der Waals surface area contributed by atoms with Crippen molar-refractivity contribution in [3.05, 3.63) is 104 Å². The molecule has 0 saturated heterocycles. The summed E-state index contributed by atoms with van der Waals surface area (Å²) in [5.74, 6) is -1.33. The first-order chi connectivity index (χ1) is 12.7. The zero-order chi connectivity index (χ0) is 19.8. The van der Waals surface area contributed by atoms with Crippen molar-refractivity contribution in [2.24, 2.45) is 0 Å². The average molecular weight is 370 g/mol. The van der Waals surface area contributed by atoms with Crippen LogP contribution in [0.4, 0.5) is 0 Å². The quantitative estimate of drug-likeness (QED) is 0.607. The fraction of sp³-hybridized carbons (Fsp3) is 0.167. The summed E-state index contributed by atoms with van der Waals surface area (Å²) in [5.41, 5.74) is -6.89. The molecule has 2 aromatic rings. The Morgan fingerprint density at radius 2 is 1.33 bits per heavy atom. The lowest BCUT2D eigenvalue weighted by Gasteiger charge is -2.38. The number of benzene rings is 2. The van der Waals surface area contributed by atoms with Crippen LogP contribution in [-0.2, 0) is 16.0 Å². The van der Waals surface area contributed by atoms with E-state index in [4.69, 9.17) is 0 Å². The van der Waals surface area contributed by atoms with Gasteiger partial charge < -0.3 is 10.2 Å². The van der Waals surface area contributed by atoms with Gasteiger partial charge in [-0.3, -0.25) is 25.0 Å². The third-order valence-electron chi connectivity index (χ3n) is 4.57. The van der Waals surface area contributed by atoms with E-state index < -0.39 is 38.6 Å². The minimum Gasteiger partial charge on any atom is -0.373 e. The lowest BCUT2D eigenvalue weighted by atomic mass is 9.68. The van der Waals surface area contributed by atoms with E-state index in [1.165, 1.54) is 48.5 Å². The summed E-state index contributed by atoms with van der Waals surface area (Å²) in [6, 6.07) is 11.7. The highest BCUT2D eigenvalue weighted by Crippen LogP contribution is 2.44. The number of aliphatic hydroxyl groups is 2. The second kappa shape index (κ2) is 6.38. The maximum absolute atomic E-state index is 13.2. The number of hydrogen-bond acceptors (Lipinski definition) is 7. The van der Waals surface area contributed by atoms with Crippen molar-refractivity contribution in [2.75, 3.05) is 0 Å². The van der Waals surface area contributed by atoms with Crippen LogP contribution in [0.2, 0.25) is 0 Å². The topological polar surface area (TPSA) is 144 Å². The Bertz CT molecular complexity index is 945. The first-order valence-corrected chi connectivity index (χ1v) is 7.84. The third-order valence-corrected chi connectivity index (χ3v) is 4.57. The van der Waals surface area contributed by atoms with Gasteiger partial charge in [-0.15, -0.1) is 0 Å². The normalized spacial score (nSPS) is 27.7. The van der Waals surface area contributed by atoms with E-state index in [0.29, 0.717) is 6.08 Å². The van der Waals surface area contributed by atoms with Gasteiger partial charge >= 0.3 is 11.7 Å². The third kappa shape index (κ3) is 2.69. The van der Waals surface area contributed by atoms with Gasteiger partial charge in [-0.05, 0) is 11.1 Å². The van der Waals surface area contributed by atoms with Gasteiger partial charge in [0.1, 0.15) is 0 Å². The number of ketones is 1. The van der Waals surface area contributed by atoms with Gasteiger partial charge in [0.15, 0.2) is 5.60 Å². The molecule has 0 unspecified atom stereocenters. The average Bonchev–Trinajstić information content (AvgIpc) is 2.66. The molecule has 3 atom stereocenters. The van der Waals surface area contributed by atoms with Crippen molar-refractivity contribution >= 4 is 5.78 Å². The van der Waals surface area contributed by atoms with Gasteiger partial charge in [-0.25, -0.2) is 0 Å². The molecule has 0 aromatic heterocycles. The number of carbonyl (C=O) groups is 1. The van der Waals surface area contributed by atoms with Crippen molar-refractivity contribution < 1.29 is 24.9 Å². The van der Waals surface area contributed by atoms with E-state index >= 15 is 0 Å². The summed E-state index contributed by atoms with van der Waals surface area (Å²) in [6.07, 6.45) is 0.537. The summed E-state index contributed by atoms with van der Waals surface area (Å²) in [7, 11) is 0. The van der Waals surface area contributed by atoms with Crippen molar-refractivity contribution in [3.8, 4) is 0 Å². The van der Waals surface area contributed by atoms with Crippen LogP contribution >= 0.6 is 0 Å². The minimum absolute atomic E-state index is 0.0505. The SMILES string of the molecule is O=C1[C@@](O)(c2ccccc2)[C@H]([N+](=O)[O-])C([N+](=O)[O-])=C[C@@]1(O)c1ccccc1. The van der Waals surface area contributed by atoms with Crippen LogP contribution in [0, 0.1) is 20.2 Å². The summed E-state index contributed by atoms with van der Waals surface area (Å²) >= 11 is 0. The highest BCUT2D eigenvalue weighted by atomic mass is 16.6. The van der Waals surface area contributed by atoms with E-state index in [9.17, 15) is 35.2 Å². The van der Waals surface area contributed by atoms with Crippen LogP contribution in [-0.4, -0.2) is 31.9 Å². The molecule has 0 saturated carbocycles. The van der Waals surface area contributed by atoms with E-state index in [2.05, 4.69) is 0 Å². The van der Waals surface area contributed by atoms with Crippen molar-refractivity contribution in [3.63, 3.8) is 0 Å². The van der Waals surface area contributed by atoms with Crippen LogP contribution in [0.15, 0.2) is 72.4 Å². The summed E-state index contributed by atoms with van der Waals surface area (Å²) in [6.45, 7) is 0. The number of rotatable bonds is 4. The molecule has 9 nitrogen and oxygen atoms in total. The highest BCUT2D eigenvalue weighted by Gasteiger charge is 2.68. The summed E-state index contributed by atoms with van der Waals surface area (Å²) in [5, 5.41) is 45.3. The van der Waals surface area contributed by atoms with E-state index in [1.54, 1.807) is 12.1 Å². The predicted molar refractivity (Wildman–Crippen MR) is 91.5 cm³/mol. The van der Waals surface area contributed by atoms with Gasteiger partial charge in [0.05, 0.1) is 4.92 Å². The molecule has 1 aliphatic rings. The van der Waals surface area contributed by atoms with E-state index in [-0.39, 0.29) is 11.1 Å². The Morgan fingerprint density at radius 3 is 1.78 bits per heavy atom. The standard InChI is InChI=1S/C18H14N2O7/c21-16-17(22,12-7-3-1-4-8-12)11-14(19(24)25)15(20(26)27)18(16,23)13-9-5-2-6-10-13/h1-11,15,22-23H/t15-,17-,18-/m1/s1. The zero-order valence-corrected chi connectivity index (χ0v) is 13.8. The van der Waals surface area contributed by atoms with Crippen molar-refractivity contribution in [2.45, 2.75) is 17.2 Å². The van der Waals surface area contributed by atoms with Gasteiger partial charge in [0.2, 0.25) is 11.4 Å². The molecule has 0 amide bonds. The number of hydrogen-bond donors (Lipinski definition) is 2. The van der Waals surface area contributed by atoms with E-state index in [1.807, 2.05) is 0 Å². The molecule has 2 aromatic carbocycles. The summed E-state index contributed by atoms with van der Waals surface area (Å²) in [4.78, 5) is 34.2. The first-order valence-electron chi connectivity index (χ1n) is 7.84. The lowest BCUT2D eigenvalue weighted by molar-refractivity contribution is -0.574. The molecule has 3 rings (SSSR count). The number of nitro groups is 2. The molecule has 0 radical (unpaired) electrons. The molecule has 2 N–H and O–H groups in total. The fourth-order valence-electron chi connectivity index (χ4n) is 3.29. The van der Waals surface area contributed by atoms with Crippen LogP contribution in [0.3, 0.4) is 0 Å². The minimum atomic E-state index is -2.94. The van der Waals surface area contributed by atoms with Crippen molar-refractivity contribution in [1.29, 1.82) is 0 Å². The Hall–Kier alpha value is -3.43. The number of Topliss-reactive ketones (excluding diaryl/α,β-unsaturated/α-hetero) is 1. The van der Waals surface area contributed by atoms with Crippen LogP contribution < -0.4 is 0 Å². The molecule has 1 aliphatic carbocycles. The summed E-state index contributed by atoms with van der Waals surface area (Å²) < 4.78 is 0. The van der Waals surface area contributed by atoms with Crippen molar-refractivity contribution in [1.82, 2.24) is 0 Å². The van der Waals surface area contributed by atoms with Gasteiger partial charge in [0.25, 0.3) is 0 Å². The smallest absolute Gasteiger partial charge is 0.340 e. The molecule has 0 bridgehead atoms. The van der Waals surface area contributed by atoms with Crippen LogP contribution in [0.25, 0.3) is 0 Å². The predicted octanol–water partition coefficient (Wildman–Crippen LogP) is 1.15. The fourth-order valence-corrected chi connectivity index (χ4v) is 3.29. The van der Waals surface area contributed by atoms with E-state index in [0.717, 1.165) is 0 Å². The Balaban J connectivity index is 2.36. The molecule has 0 aliphatic heterocycles. The van der Waals surface area contributed by atoms with Crippen LogP contribution in [0.1, 0.15) is 11.1 Å². The molecule has 9 heteroatoms. The largest absolute Gasteiger partial charge is 0.373 e. The first kappa shape index (κ1) is 18.4. The zero-order valence-electron chi connectivity index (χ0n) is 13.8. The van der Waals surface area contributed by atoms with Gasteiger partial charge in [-0.1, -0.05) is 60.7 Å². The molecular weight excluding hydrogens is 356 g/mol.